The molecule has 5 amide bonds. The molecule has 0 aromatic heterocycles. The number of fused-ring (bicyclic) bond motifs is 1. The van der Waals surface area contributed by atoms with E-state index in [1.807, 2.05) is 29.2 Å². The molecule has 50 heavy (non-hydrogen) atoms. The minimum atomic E-state index is -4.69. The number of rotatable bonds is 6. The van der Waals surface area contributed by atoms with Crippen LogP contribution in [0.1, 0.15) is 42.4 Å². The van der Waals surface area contributed by atoms with Gasteiger partial charge in [0.05, 0.1) is 11.3 Å². The maximum Gasteiger partial charge on any atom is 0.418 e. The number of carbonyl (C=O) groups is 3. The van der Waals surface area contributed by atoms with E-state index in [2.05, 4.69) is 43.4 Å². The monoisotopic (exact) mass is 762 g/mol. The van der Waals surface area contributed by atoms with Gasteiger partial charge < -0.3 is 36.0 Å². The molecule has 0 saturated carbocycles. The van der Waals surface area contributed by atoms with Gasteiger partial charge in [-0.15, -0.1) is 0 Å². The second kappa shape index (κ2) is 15.4. The van der Waals surface area contributed by atoms with E-state index >= 15 is 0 Å². The number of halogens is 4. The van der Waals surface area contributed by atoms with Crippen LogP contribution in [-0.4, -0.2) is 127 Å². The number of hydrogen-bond acceptors (Lipinski definition) is 6. The molecule has 0 bridgehead atoms. The highest BCUT2D eigenvalue weighted by molar-refractivity contribution is 9.10. The van der Waals surface area contributed by atoms with Crippen LogP contribution in [0.3, 0.4) is 0 Å². The number of piperidine rings is 2. The quantitative estimate of drug-likeness (QED) is 0.375. The summed E-state index contributed by atoms with van der Waals surface area (Å²) in [5.74, 6) is -0.313. The topological polar surface area (TPSA) is 117 Å². The maximum atomic E-state index is 14.1. The third-order valence-electron chi connectivity index (χ3n) is 10.7. The van der Waals surface area contributed by atoms with Crippen molar-refractivity contribution in [3.05, 3.63) is 57.6 Å². The first-order valence-electron chi connectivity index (χ1n) is 17.4. The van der Waals surface area contributed by atoms with Gasteiger partial charge in [-0.25, -0.2) is 9.59 Å². The molecule has 1 atom stereocenters. The standard InChI is InChI=1S/C35H46BrF3N8O3/c1-43-16-18-44(19-17-43)25-7-11-45(12-8-25)32(48)30(22-23-20-27(35(37,38)39)31(40)28(36)21-23)42-33(49)46-13-9-26(10-14-46)47-15-6-24-4-2-3-5-29(24)41-34(47)50/h2-5,20-21,25-26,30H,6-19,22,40H2,1H3,(H,41,50)(H,42,49)/t30-/m1/s1. The molecule has 0 spiro atoms. The molecule has 0 unspecified atom stereocenters. The zero-order valence-corrected chi connectivity index (χ0v) is 29.9. The molecule has 11 nitrogen and oxygen atoms in total. The van der Waals surface area contributed by atoms with Gasteiger partial charge in [0.25, 0.3) is 0 Å². The van der Waals surface area contributed by atoms with Crippen LogP contribution < -0.4 is 16.4 Å². The molecule has 0 aliphatic carbocycles. The lowest BCUT2D eigenvalue weighted by molar-refractivity contribution is -0.137. The average molecular weight is 764 g/mol. The first-order valence-corrected chi connectivity index (χ1v) is 18.2. The summed E-state index contributed by atoms with van der Waals surface area (Å²) in [5, 5.41) is 5.89. The molecule has 3 fully saturated rings. The van der Waals surface area contributed by atoms with Gasteiger partial charge in [0.2, 0.25) is 5.91 Å². The first kappa shape index (κ1) is 36.2. The fourth-order valence-electron chi connectivity index (χ4n) is 7.68. The SMILES string of the molecule is CN1CCN(C2CCN(C(=O)[C@@H](Cc3cc(Br)c(N)c(C(F)(F)F)c3)NC(=O)N3CCC(N4CCc5ccccc5NC4=O)CC3)CC2)CC1. The number of carbonyl (C=O) groups excluding carboxylic acids is 3. The van der Waals surface area contributed by atoms with E-state index in [-0.39, 0.29) is 34.4 Å². The van der Waals surface area contributed by atoms with Gasteiger partial charge in [-0.05, 0) is 84.4 Å². The minimum Gasteiger partial charge on any atom is -0.397 e. The van der Waals surface area contributed by atoms with Crippen molar-refractivity contribution >= 4 is 45.3 Å². The Kier molecular flexibility index (Phi) is 11.1. The van der Waals surface area contributed by atoms with Crippen molar-refractivity contribution in [3.8, 4) is 0 Å². The number of nitrogens with zero attached hydrogens (tertiary/aromatic N) is 5. The number of benzene rings is 2. The molecular weight excluding hydrogens is 717 g/mol. The van der Waals surface area contributed by atoms with E-state index in [0.29, 0.717) is 51.6 Å². The number of nitrogens with one attached hydrogen (secondary N) is 2. The molecule has 4 aliphatic heterocycles. The minimum absolute atomic E-state index is 0.0553. The zero-order chi connectivity index (χ0) is 35.6. The van der Waals surface area contributed by atoms with Crippen LogP contribution in [0.2, 0.25) is 0 Å². The Morgan fingerprint density at radius 3 is 2.26 bits per heavy atom. The highest BCUT2D eigenvalue weighted by Gasteiger charge is 2.37. The molecule has 4 aliphatic rings. The molecule has 0 radical (unpaired) electrons. The molecule has 2 aromatic rings. The number of anilines is 2. The van der Waals surface area contributed by atoms with Gasteiger partial charge in [-0.1, -0.05) is 18.2 Å². The van der Waals surface area contributed by atoms with Crippen LogP contribution in [0.25, 0.3) is 0 Å². The number of nitrogens with two attached hydrogens (primary N) is 1. The number of alkyl halides is 3. The number of piperazine rings is 1. The van der Waals surface area contributed by atoms with Crippen LogP contribution in [0.15, 0.2) is 40.9 Å². The van der Waals surface area contributed by atoms with Gasteiger partial charge in [0, 0.05) is 87.6 Å². The van der Waals surface area contributed by atoms with Crippen molar-refractivity contribution < 1.29 is 27.6 Å². The number of likely N-dealkylation sites (tertiary alicyclic amines) is 2. The van der Waals surface area contributed by atoms with E-state index in [1.165, 1.54) is 6.07 Å². The number of likely N-dealkylation sites (N-methyl/N-ethyl adjacent to an activating group) is 1. The van der Waals surface area contributed by atoms with Crippen molar-refractivity contribution in [2.75, 3.05) is 77.0 Å². The summed E-state index contributed by atoms with van der Waals surface area (Å²) in [6.45, 7) is 6.29. The third-order valence-corrected chi connectivity index (χ3v) is 11.4. The number of nitrogen functional groups attached to an aromatic ring is 1. The Bertz CT molecular complexity index is 1550. The molecule has 272 valence electrons. The first-order chi connectivity index (χ1) is 23.9. The number of hydrogen-bond donors (Lipinski definition) is 3. The summed E-state index contributed by atoms with van der Waals surface area (Å²) in [5.41, 5.74) is 6.46. The Hall–Kier alpha value is -3.56. The van der Waals surface area contributed by atoms with Crippen LogP contribution >= 0.6 is 15.9 Å². The summed E-state index contributed by atoms with van der Waals surface area (Å²) in [7, 11) is 2.11. The van der Waals surface area contributed by atoms with E-state index in [0.717, 1.165) is 62.8 Å². The van der Waals surface area contributed by atoms with E-state index in [1.54, 1.807) is 9.80 Å². The second-order valence-corrected chi connectivity index (χ2v) is 14.7. The average Bonchev–Trinajstić information content (AvgIpc) is 3.27. The van der Waals surface area contributed by atoms with Crippen molar-refractivity contribution in [1.29, 1.82) is 0 Å². The van der Waals surface area contributed by atoms with Gasteiger partial charge in [-0.3, -0.25) is 9.69 Å². The normalized spacial score (nSPS) is 21.0. The summed E-state index contributed by atoms with van der Waals surface area (Å²) in [4.78, 5) is 50.8. The molecule has 6 rings (SSSR count). The molecular formula is C35H46BrF3N8O3. The van der Waals surface area contributed by atoms with Crippen LogP contribution in [-0.2, 0) is 23.8 Å². The van der Waals surface area contributed by atoms with Gasteiger partial charge in [0.15, 0.2) is 0 Å². The van der Waals surface area contributed by atoms with Crippen molar-refractivity contribution in [2.24, 2.45) is 0 Å². The molecule has 15 heteroatoms. The predicted molar refractivity (Wildman–Crippen MR) is 189 cm³/mol. The predicted octanol–water partition coefficient (Wildman–Crippen LogP) is 4.46. The number of amides is 5. The Balaban J connectivity index is 1.12. The van der Waals surface area contributed by atoms with Gasteiger partial charge >= 0.3 is 18.2 Å². The highest BCUT2D eigenvalue weighted by Crippen LogP contribution is 2.38. The number of urea groups is 2. The third kappa shape index (κ3) is 8.31. The Morgan fingerprint density at radius 2 is 1.58 bits per heavy atom. The largest absolute Gasteiger partial charge is 0.418 e. The Morgan fingerprint density at radius 1 is 0.940 bits per heavy atom. The van der Waals surface area contributed by atoms with E-state index in [4.69, 9.17) is 5.73 Å². The van der Waals surface area contributed by atoms with E-state index in [9.17, 15) is 27.6 Å². The second-order valence-electron chi connectivity index (χ2n) is 13.9. The van der Waals surface area contributed by atoms with Crippen LogP contribution in [0.4, 0.5) is 34.1 Å². The van der Waals surface area contributed by atoms with Crippen molar-refractivity contribution in [3.63, 3.8) is 0 Å². The summed E-state index contributed by atoms with van der Waals surface area (Å²) >= 11 is 3.15. The van der Waals surface area contributed by atoms with Crippen LogP contribution in [0, 0.1) is 0 Å². The lowest BCUT2D eigenvalue weighted by Gasteiger charge is -2.42. The summed E-state index contributed by atoms with van der Waals surface area (Å²) in [6.07, 6.45) is -1.37. The lowest BCUT2D eigenvalue weighted by atomic mass is 9.98. The molecule has 4 N–H and O–H groups in total. The molecule has 3 saturated heterocycles. The summed E-state index contributed by atoms with van der Waals surface area (Å²) in [6, 6.07) is 8.80. The van der Waals surface area contributed by atoms with Crippen LogP contribution in [0.5, 0.6) is 0 Å². The smallest absolute Gasteiger partial charge is 0.397 e. The fraction of sp³-hybridized carbons (Fsp3) is 0.571. The zero-order valence-electron chi connectivity index (χ0n) is 28.4. The fourth-order valence-corrected chi connectivity index (χ4v) is 8.19. The maximum absolute atomic E-state index is 14.1. The summed E-state index contributed by atoms with van der Waals surface area (Å²) < 4.78 is 41.6. The lowest BCUT2D eigenvalue weighted by Crippen LogP contribution is -2.58. The molecule has 4 heterocycles. The van der Waals surface area contributed by atoms with Crippen molar-refractivity contribution in [1.82, 2.24) is 29.8 Å². The van der Waals surface area contributed by atoms with Gasteiger partial charge in [0.1, 0.15) is 6.04 Å². The van der Waals surface area contributed by atoms with E-state index < -0.39 is 29.5 Å². The number of para-hydroxylation sites is 1. The molecule has 2 aromatic carbocycles. The Labute approximate surface area is 299 Å². The van der Waals surface area contributed by atoms with Crippen molar-refractivity contribution in [2.45, 2.75) is 62.8 Å². The highest BCUT2D eigenvalue weighted by atomic mass is 79.9. The van der Waals surface area contributed by atoms with Gasteiger partial charge in [-0.2, -0.15) is 13.2 Å².